The Bertz CT molecular complexity index is 284. The number of rotatable bonds is 2. The van der Waals surface area contributed by atoms with Crippen LogP contribution in [0.3, 0.4) is 0 Å². The van der Waals surface area contributed by atoms with Gasteiger partial charge in [0.25, 0.3) is 0 Å². The third-order valence-corrected chi connectivity index (χ3v) is 2.74. The van der Waals surface area contributed by atoms with Gasteiger partial charge in [0.1, 0.15) is 0 Å². The number of aromatic nitrogens is 2. The van der Waals surface area contributed by atoms with Crippen LogP contribution in [0.2, 0.25) is 0 Å². The third-order valence-electron chi connectivity index (χ3n) is 1.41. The minimum atomic E-state index is 0.733. The van der Waals surface area contributed by atoms with Crippen molar-refractivity contribution in [1.82, 2.24) is 9.97 Å². The van der Waals surface area contributed by atoms with E-state index >= 15 is 0 Å². The first kappa shape index (κ1) is 11.3. The zero-order valence-electron chi connectivity index (χ0n) is 8.38. The van der Waals surface area contributed by atoms with Gasteiger partial charge in [0, 0.05) is 29.6 Å². The molecule has 0 N–H and O–H groups in total. The van der Waals surface area contributed by atoms with Crippen LogP contribution >= 0.6 is 22.7 Å². The number of nitrogens with zero attached hydrogens (tertiary/aromatic N) is 2. The molecule has 0 fully saturated rings. The number of thiazole rings is 2. The van der Waals surface area contributed by atoms with Gasteiger partial charge in [0.2, 0.25) is 0 Å². The van der Waals surface area contributed by atoms with Crippen molar-refractivity contribution in [2.24, 2.45) is 5.92 Å². The first-order valence-electron chi connectivity index (χ1n) is 4.49. The topological polar surface area (TPSA) is 25.8 Å². The molecule has 0 saturated heterocycles. The van der Waals surface area contributed by atoms with E-state index in [9.17, 15) is 0 Å². The highest BCUT2D eigenvalue weighted by Crippen LogP contribution is 2.09. The summed E-state index contributed by atoms with van der Waals surface area (Å²) >= 11 is 3.34. The molecule has 0 aliphatic rings. The van der Waals surface area contributed by atoms with Crippen LogP contribution in [0, 0.1) is 5.92 Å². The molecule has 4 heteroatoms. The smallest absolute Gasteiger partial charge is 0.0927 e. The van der Waals surface area contributed by atoms with E-state index in [1.165, 1.54) is 5.01 Å². The highest BCUT2D eigenvalue weighted by molar-refractivity contribution is 7.09. The Balaban J connectivity index is 0.000000165. The molecule has 0 unspecified atom stereocenters. The highest BCUT2D eigenvalue weighted by Gasteiger charge is 1.97. The fourth-order valence-corrected chi connectivity index (χ4v) is 2.06. The van der Waals surface area contributed by atoms with Crippen LogP contribution in [0.5, 0.6) is 0 Å². The molecule has 14 heavy (non-hydrogen) atoms. The van der Waals surface area contributed by atoms with E-state index < -0.39 is 0 Å². The SMILES string of the molecule is CC(C)Cc1nccs1.c1cscn1. The average Bonchev–Trinajstić information content (AvgIpc) is 2.75. The molecule has 0 aliphatic carbocycles. The summed E-state index contributed by atoms with van der Waals surface area (Å²) in [6, 6.07) is 0. The molecule has 0 spiro atoms. The molecule has 0 aromatic carbocycles. The van der Waals surface area contributed by atoms with E-state index in [1.807, 2.05) is 17.0 Å². The number of hydrogen-bond donors (Lipinski definition) is 0. The second-order valence-corrected chi connectivity index (χ2v) is 4.93. The lowest BCUT2D eigenvalue weighted by atomic mass is 10.1. The molecular formula is C10H14N2S2. The standard InChI is InChI=1S/C7H11NS.C3H3NS/c1-6(2)5-7-8-3-4-9-7;1-2-5-3-4-1/h3-4,6H,5H2,1-2H3;1-3H. The van der Waals surface area contributed by atoms with Gasteiger partial charge in [-0.15, -0.1) is 22.7 Å². The predicted molar refractivity (Wildman–Crippen MR) is 62.8 cm³/mol. The minimum absolute atomic E-state index is 0.733. The lowest BCUT2D eigenvalue weighted by Crippen LogP contribution is -1.91. The molecule has 2 nitrogen and oxygen atoms in total. The molecule has 0 amide bonds. The Hall–Kier alpha value is -0.740. The van der Waals surface area contributed by atoms with E-state index in [4.69, 9.17) is 0 Å². The highest BCUT2D eigenvalue weighted by atomic mass is 32.1. The monoisotopic (exact) mass is 226 g/mol. The average molecular weight is 226 g/mol. The molecule has 0 aliphatic heterocycles. The van der Waals surface area contributed by atoms with Crippen molar-refractivity contribution in [1.29, 1.82) is 0 Å². The van der Waals surface area contributed by atoms with Crippen LogP contribution in [0.4, 0.5) is 0 Å². The van der Waals surface area contributed by atoms with Gasteiger partial charge < -0.3 is 0 Å². The lowest BCUT2D eigenvalue weighted by molar-refractivity contribution is 0.644. The van der Waals surface area contributed by atoms with Gasteiger partial charge >= 0.3 is 0 Å². The normalized spacial score (nSPS) is 9.64. The Morgan fingerprint density at radius 1 is 1.29 bits per heavy atom. The summed E-state index contributed by atoms with van der Waals surface area (Å²) in [6.45, 7) is 4.42. The molecule has 2 heterocycles. The van der Waals surface area contributed by atoms with Gasteiger partial charge in [-0.25, -0.2) is 4.98 Å². The summed E-state index contributed by atoms with van der Waals surface area (Å²) in [6.07, 6.45) is 4.75. The molecule has 2 aromatic rings. The van der Waals surface area contributed by atoms with Crippen LogP contribution in [0.15, 0.2) is 28.7 Å². The Labute approximate surface area is 92.7 Å². The molecule has 0 radical (unpaired) electrons. The summed E-state index contributed by atoms with van der Waals surface area (Å²) < 4.78 is 0. The Morgan fingerprint density at radius 3 is 2.50 bits per heavy atom. The Morgan fingerprint density at radius 2 is 2.14 bits per heavy atom. The van der Waals surface area contributed by atoms with Crippen LogP contribution in [-0.4, -0.2) is 9.97 Å². The molecule has 0 atom stereocenters. The summed E-state index contributed by atoms with van der Waals surface area (Å²) in [5.74, 6) is 0.733. The first-order chi connectivity index (χ1) is 6.79. The van der Waals surface area contributed by atoms with E-state index in [-0.39, 0.29) is 0 Å². The maximum atomic E-state index is 4.17. The largest absolute Gasteiger partial charge is 0.253 e. The van der Waals surface area contributed by atoms with Crippen molar-refractivity contribution in [2.45, 2.75) is 20.3 Å². The van der Waals surface area contributed by atoms with Crippen LogP contribution in [-0.2, 0) is 6.42 Å². The van der Waals surface area contributed by atoms with Crippen molar-refractivity contribution in [3.05, 3.63) is 33.7 Å². The van der Waals surface area contributed by atoms with Crippen molar-refractivity contribution >= 4 is 22.7 Å². The summed E-state index contributed by atoms with van der Waals surface area (Å²) in [5.41, 5.74) is 1.79. The quantitative estimate of drug-likeness (QED) is 0.783. The third kappa shape index (κ3) is 5.09. The van der Waals surface area contributed by atoms with Crippen LogP contribution in [0.1, 0.15) is 18.9 Å². The first-order valence-corrected chi connectivity index (χ1v) is 6.32. The molecular weight excluding hydrogens is 212 g/mol. The molecule has 2 aromatic heterocycles. The number of hydrogen-bond acceptors (Lipinski definition) is 4. The zero-order chi connectivity index (χ0) is 10.2. The lowest BCUT2D eigenvalue weighted by Gasteiger charge is -1.97. The minimum Gasteiger partial charge on any atom is -0.253 e. The summed E-state index contributed by atoms with van der Waals surface area (Å²) in [4.78, 5) is 7.92. The predicted octanol–water partition coefficient (Wildman–Crippen LogP) is 3.48. The molecule has 2 rings (SSSR count). The van der Waals surface area contributed by atoms with E-state index in [1.54, 1.807) is 34.4 Å². The van der Waals surface area contributed by atoms with E-state index in [2.05, 4.69) is 23.8 Å². The van der Waals surface area contributed by atoms with E-state index in [0.29, 0.717) is 0 Å². The second kappa shape index (κ2) is 6.68. The van der Waals surface area contributed by atoms with Crippen molar-refractivity contribution < 1.29 is 0 Å². The van der Waals surface area contributed by atoms with Gasteiger partial charge in [0.15, 0.2) is 0 Å². The van der Waals surface area contributed by atoms with Gasteiger partial charge in [0.05, 0.1) is 10.5 Å². The molecule has 0 bridgehead atoms. The molecule has 76 valence electrons. The fraction of sp³-hybridized carbons (Fsp3) is 0.400. The molecule has 0 saturated carbocycles. The maximum absolute atomic E-state index is 4.17. The van der Waals surface area contributed by atoms with Gasteiger partial charge in [-0.05, 0) is 5.92 Å². The van der Waals surface area contributed by atoms with Crippen molar-refractivity contribution in [3.63, 3.8) is 0 Å². The second-order valence-electron chi connectivity index (χ2n) is 3.20. The van der Waals surface area contributed by atoms with E-state index in [0.717, 1.165) is 12.3 Å². The van der Waals surface area contributed by atoms with Gasteiger partial charge in [-0.3, -0.25) is 4.98 Å². The van der Waals surface area contributed by atoms with Crippen LogP contribution < -0.4 is 0 Å². The summed E-state index contributed by atoms with van der Waals surface area (Å²) in [5, 5.41) is 5.21. The Kier molecular flexibility index (Phi) is 5.40. The van der Waals surface area contributed by atoms with Gasteiger partial charge in [-0.2, -0.15) is 0 Å². The van der Waals surface area contributed by atoms with Crippen molar-refractivity contribution in [3.8, 4) is 0 Å². The maximum Gasteiger partial charge on any atom is 0.0927 e. The fourth-order valence-electron chi connectivity index (χ4n) is 0.879. The van der Waals surface area contributed by atoms with Crippen molar-refractivity contribution in [2.75, 3.05) is 0 Å². The summed E-state index contributed by atoms with van der Waals surface area (Å²) in [7, 11) is 0. The van der Waals surface area contributed by atoms with Crippen LogP contribution in [0.25, 0.3) is 0 Å². The zero-order valence-corrected chi connectivity index (χ0v) is 10.0. The van der Waals surface area contributed by atoms with Gasteiger partial charge in [-0.1, -0.05) is 13.8 Å².